The summed E-state index contributed by atoms with van der Waals surface area (Å²) >= 11 is 0. The fourth-order valence-electron chi connectivity index (χ4n) is 3.60. The van der Waals surface area contributed by atoms with Crippen LogP contribution in [0.2, 0.25) is 0 Å². The molecule has 1 aliphatic rings. The molecule has 25 heavy (non-hydrogen) atoms. The first-order valence-electron chi connectivity index (χ1n) is 8.23. The molecule has 0 spiro atoms. The van der Waals surface area contributed by atoms with Gasteiger partial charge in [-0.1, -0.05) is 0 Å². The number of nitrogen functional groups attached to an aromatic ring is 1. The lowest BCUT2D eigenvalue weighted by molar-refractivity contribution is -0.118. The average Bonchev–Trinajstić information content (AvgIpc) is 3.20. The lowest BCUT2D eigenvalue weighted by Crippen LogP contribution is -2.33. The van der Waals surface area contributed by atoms with E-state index >= 15 is 0 Å². The largest absolute Gasteiger partial charge is 0.370 e. The highest BCUT2D eigenvalue weighted by Gasteiger charge is 2.28. The van der Waals surface area contributed by atoms with E-state index in [9.17, 15) is 4.79 Å². The van der Waals surface area contributed by atoms with E-state index in [1.165, 1.54) is 0 Å². The number of aromatic amines is 1. The number of nitrogens with two attached hydrogens (primary N) is 2. The first-order chi connectivity index (χ1) is 12.1. The van der Waals surface area contributed by atoms with Gasteiger partial charge in [0.25, 0.3) is 0 Å². The van der Waals surface area contributed by atoms with Gasteiger partial charge in [-0.15, -0.1) is 0 Å². The first-order valence-corrected chi connectivity index (χ1v) is 8.23. The summed E-state index contributed by atoms with van der Waals surface area (Å²) in [6.07, 6.45) is 7.62. The van der Waals surface area contributed by atoms with Crippen LogP contribution in [0, 0.1) is 0 Å². The molecule has 4 heterocycles. The molecule has 3 aromatic heterocycles. The number of pyridine rings is 1. The molecule has 1 fully saturated rings. The zero-order valence-electron chi connectivity index (χ0n) is 13.6. The topological polar surface area (TPSA) is 127 Å². The number of carbonyl (C=O) groups is 1. The summed E-state index contributed by atoms with van der Waals surface area (Å²) in [5.74, 6) is -0.0508. The Labute approximate surface area is 144 Å². The van der Waals surface area contributed by atoms with Crippen molar-refractivity contribution in [2.75, 3.05) is 17.2 Å². The summed E-state index contributed by atoms with van der Waals surface area (Å²) in [6, 6.07) is 3.91. The number of hydrogen-bond donors (Lipinski definition) is 3. The summed E-state index contributed by atoms with van der Waals surface area (Å²) in [7, 11) is 0. The van der Waals surface area contributed by atoms with Crippen molar-refractivity contribution in [3.05, 3.63) is 30.7 Å². The maximum Gasteiger partial charge on any atom is 0.220 e. The van der Waals surface area contributed by atoms with Gasteiger partial charge >= 0.3 is 0 Å². The zero-order chi connectivity index (χ0) is 17.4. The summed E-state index contributed by atoms with van der Waals surface area (Å²) in [6.45, 7) is 0.883. The van der Waals surface area contributed by atoms with E-state index in [0.29, 0.717) is 6.42 Å². The molecule has 0 aromatic carbocycles. The van der Waals surface area contributed by atoms with Crippen molar-refractivity contribution in [1.29, 1.82) is 0 Å². The van der Waals surface area contributed by atoms with Crippen LogP contribution in [0.15, 0.2) is 30.7 Å². The van der Waals surface area contributed by atoms with E-state index in [-0.39, 0.29) is 17.9 Å². The highest BCUT2D eigenvalue weighted by atomic mass is 16.1. The van der Waals surface area contributed by atoms with Crippen molar-refractivity contribution in [1.82, 2.24) is 19.9 Å². The van der Waals surface area contributed by atoms with Gasteiger partial charge in [0.05, 0.1) is 16.8 Å². The number of fused-ring (bicyclic) bond motifs is 1. The van der Waals surface area contributed by atoms with Crippen LogP contribution in [-0.2, 0) is 4.79 Å². The molecule has 1 saturated heterocycles. The minimum absolute atomic E-state index is 0.112. The quantitative estimate of drug-likeness (QED) is 0.661. The maximum atomic E-state index is 11.4. The molecule has 4 rings (SSSR count). The lowest BCUT2D eigenvalue weighted by Gasteiger charge is -2.27. The molecular formula is C17H19N7O. The van der Waals surface area contributed by atoms with Crippen LogP contribution >= 0.6 is 0 Å². The van der Waals surface area contributed by atoms with Crippen LogP contribution in [0.5, 0.6) is 0 Å². The third-order valence-electron chi connectivity index (χ3n) is 4.63. The van der Waals surface area contributed by atoms with E-state index in [0.717, 1.165) is 47.4 Å². The SMILES string of the molecule is NC(=O)C[C@@H]1CCCN1c1ccnc2[nH]cc(-c3ccnc(N)n3)c12. The van der Waals surface area contributed by atoms with E-state index in [1.807, 2.05) is 18.3 Å². The smallest absolute Gasteiger partial charge is 0.220 e. The fraction of sp³-hybridized carbons (Fsp3) is 0.294. The monoisotopic (exact) mass is 337 g/mol. The first kappa shape index (κ1) is 15.4. The van der Waals surface area contributed by atoms with E-state index in [2.05, 4.69) is 24.8 Å². The Morgan fingerprint density at radius 3 is 2.96 bits per heavy atom. The molecule has 1 aliphatic heterocycles. The molecule has 5 N–H and O–H groups in total. The number of anilines is 2. The van der Waals surface area contributed by atoms with Crippen LogP contribution in [0.1, 0.15) is 19.3 Å². The second-order valence-electron chi connectivity index (χ2n) is 6.22. The Hall–Kier alpha value is -3.16. The number of rotatable bonds is 4. The highest BCUT2D eigenvalue weighted by Crippen LogP contribution is 2.37. The lowest BCUT2D eigenvalue weighted by atomic mass is 10.1. The predicted octanol–water partition coefficient (Wildman–Crippen LogP) is 1.45. The van der Waals surface area contributed by atoms with Crippen molar-refractivity contribution in [2.24, 2.45) is 5.73 Å². The minimum atomic E-state index is -0.278. The van der Waals surface area contributed by atoms with Gasteiger partial charge in [0.2, 0.25) is 11.9 Å². The predicted molar refractivity (Wildman–Crippen MR) is 95.7 cm³/mol. The van der Waals surface area contributed by atoms with Gasteiger partial charge in [0.15, 0.2) is 0 Å². The molecular weight excluding hydrogens is 318 g/mol. The van der Waals surface area contributed by atoms with Crippen molar-refractivity contribution in [3.63, 3.8) is 0 Å². The number of aromatic nitrogens is 4. The molecule has 0 saturated carbocycles. The molecule has 3 aromatic rings. The van der Waals surface area contributed by atoms with Crippen molar-refractivity contribution in [2.45, 2.75) is 25.3 Å². The van der Waals surface area contributed by atoms with E-state index in [4.69, 9.17) is 11.5 Å². The highest BCUT2D eigenvalue weighted by molar-refractivity contribution is 6.02. The number of primary amides is 1. The third-order valence-corrected chi connectivity index (χ3v) is 4.63. The van der Waals surface area contributed by atoms with Gasteiger partial charge in [-0.05, 0) is 25.0 Å². The second kappa shape index (κ2) is 6.04. The van der Waals surface area contributed by atoms with Crippen LogP contribution < -0.4 is 16.4 Å². The van der Waals surface area contributed by atoms with Gasteiger partial charge in [-0.3, -0.25) is 4.79 Å². The van der Waals surface area contributed by atoms with Gasteiger partial charge < -0.3 is 21.4 Å². The van der Waals surface area contributed by atoms with Gasteiger partial charge in [-0.25, -0.2) is 15.0 Å². The molecule has 8 nitrogen and oxygen atoms in total. The fourth-order valence-corrected chi connectivity index (χ4v) is 3.60. The Morgan fingerprint density at radius 2 is 2.16 bits per heavy atom. The van der Waals surface area contributed by atoms with Gasteiger partial charge in [0, 0.05) is 43.2 Å². The number of nitrogens with zero attached hydrogens (tertiary/aromatic N) is 4. The van der Waals surface area contributed by atoms with Crippen molar-refractivity contribution >= 4 is 28.6 Å². The average molecular weight is 337 g/mol. The molecule has 128 valence electrons. The van der Waals surface area contributed by atoms with E-state index < -0.39 is 0 Å². The zero-order valence-corrected chi connectivity index (χ0v) is 13.6. The molecule has 0 radical (unpaired) electrons. The van der Waals surface area contributed by atoms with Crippen LogP contribution in [-0.4, -0.2) is 38.4 Å². The Morgan fingerprint density at radius 1 is 1.32 bits per heavy atom. The standard InChI is InChI=1S/C17H19N7O/c18-14(25)8-10-2-1-7-24(10)13-4-6-20-16-15(13)11(9-22-16)12-3-5-21-17(19)23-12/h3-6,9-10H,1-2,7-8H2,(H2,18,25)(H,20,22)(H2,19,21,23)/t10-/m0/s1. The molecule has 0 aliphatic carbocycles. The minimum Gasteiger partial charge on any atom is -0.370 e. The summed E-state index contributed by atoms with van der Waals surface area (Å²) < 4.78 is 0. The number of carbonyl (C=O) groups excluding carboxylic acids is 1. The molecule has 0 bridgehead atoms. The number of hydrogen-bond acceptors (Lipinski definition) is 6. The summed E-state index contributed by atoms with van der Waals surface area (Å²) in [4.78, 5) is 29.6. The van der Waals surface area contributed by atoms with Crippen LogP contribution in [0.25, 0.3) is 22.3 Å². The number of H-pyrrole nitrogens is 1. The van der Waals surface area contributed by atoms with Crippen LogP contribution in [0.3, 0.4) is 0 Å². The molecule has 0 unspecified atom stereocenters. The molecule has 8 heteroatoms. The Balaban J connectivity index is 1.85. The van der Waals surface area contributed by atoms with Gasteiger partial charge in [0.1, 0.15) is 5.65 Å². The second-order valence-corrected chi connectivity index (χ2v) is 6.22. The Kier molecular flexibility index (Phi) is 3.72. The van der Waals surface area contributed by atoms with Crippen molar-refractivity contribution < 1.29 is 4.79 Å². The molecule has 1 atom stereocenters. The normalized spacial score (nSPS) is 17.3. The summed E-state index contributed by atoms with van der Waals surface area (Å²) in [5, 5.41) is 0.969. The maximum absolute atomic E-state index is 11.4. The van der Waals surface area contributed by atoms with Gasteiger partial charge in [-0.2, -0.15) is 0 Å². The van der Waals surface area contributed by atoms with Crippen LogP contribution in [0.4, 0.5) is 11.6 Å². The number of amides is 1. The van der Waals surface area contributed by atoms with Crippen molar-refractivity contribution in [3.8, 4) is 11.3 Å². The summed E-state index contributed by atoms with van der Waals surface area (Å²) in [5.41, 5.74) is 14.6. The third kappa shape index (κ3) is 2.75. The molecule has 1 amide bonds. The van der Waals surface area contributed by atoms with E-state index in [1.54, 1.807) is 12.4 Å². The number of nitrogens with one attached hydrogen (secondary N) is 1. The Bertz CT molecular complexity index is 936.